The summed E-state index contributed by atoms with van der Waals surface area (Å²) in [5.74, 6) is 5.90. The van der Waals surface area contributed by atoms with Crippen molar-refractivity contribution in [2.75, 3.05) is 16.9 Å². The summed E-state index contributed by atoms with van der Waals surface area (Å²) in [6.07, 6.45) is 0. The van der Waals surface area contributed by atoms with E-state index in [0.29, 0.717) is 11.0 Å². The van der Waals surface area contributed by atoms with E-state index < -0.39 is 12.5 Å². The highest BCUT2D eigenvalue weighted by Gasteiger charge is 2.16. The fourth-order valence-electron chi connectivity index (χ4n) is 2.03. The van der Waals surface area contributed by atoms with Gasteiger partial charge in [0.1, 0.15) is 5.75 Å². The van der Waals surface area contributed by atoms with E-state index in [1.807, 2.05) is 17.5 Å². The standard InChI is InChI=1S/C15H13F2N5O2S2/c16-14(17)24-10-5-2-1-4-9(10)19-12(23)8-26-15-21-20-13(22(15)18)11-6-3-7-25-11/h1-7,14H,8,18H2,(H,19,23). The first-order valence-electron chi connectivity index (χ1n) is 7.25. The minimum atomic E-state index is -2.98. The minimum Gasteiger partial charge on any atom is -0.433 e. The number of carbonyl (C=O) groups is 1. The molecule has 136 valence electrons. The second-order valence-corrected chi connectivity index (χ2v) is 6.76. The van der Waals surface area contributed by atoms with Crippen LogP contribution in [0.4, 0.5) is 14.5 Å². The predicted octanol–water partition coefficient (Wildman–Crippen LogP) is 3.05. The summed E-state index contributed by atoms with van der Waals surface area (Å²) in [5, 5.41) is 12.8. The third-order valence-electron chi connectivity index (χ3n) is 3.12. The van der Waals surface area contributed by atoms with Gasteiger partial charge in [0, 0.05) is 0 Å². The lowest BCUT2D eigenvalue weighted by Crippen LogP contribution is -2.17. The van der Waals surface area contributed by atoms with Crippen molar-refractivity contribution < 1.29 is 18.3 Å². The van der Waals surface area contributed by atoms with Crippen molar-refractivity contribution in [1.29, 1.82) is 0 Å². The predicted molar refractivity (Wildman–Crippen MR) is 95.9 cm³/mol. The summed E-state index contributed by atoms with van der Waals surface area (Å²) < 4.78 is 30.5. The van der Waals surface area contributed by atoms with Crippen molar-refractivity contribution >= 4 is 34.7 Å². The largest absolute Gasteiger partial charge is 0.433 e. The van der Waals surface area contributed by atoms with E-state index >= 15 is 0 Å². The molecular formula is C15H13F2N5O2S2. The molecule has 3 N–H and O–H groups in total. The van der Waals surface area contributed by atoms with E-state index in [-0.39, 0.29) is 17.2 Å². The van der Waals surface area contributed by atoms with Gasteiger partial charge in [0.15, 0.2) is 5.82 Å². The Labute approximate surface area is 155 Å². The first-order chi connectivity index (χ1) is 12.5. The van der Waals surface area contributed by atoms with Crippen molar-refractivity contribution in [2.24, 2.45) is 0 Å². The number of anilines is 1. The highest BCUT2D eigenvalue weighted by molar-refractivity contribution is 7.99. The fourth-order valence-corrected chi connectivity index (χ4v) is 3.40. The zero-order valence-corrected chi connectivity index (χ0v) is 14.8. The molecule has 0 aliphatic carbocycles. The molecule has 0 fully saturated rings. The SMILES string of the molecule is Nn1c(SCC(=O)Nc2ccccc2OC(F)F)nnc1-c1cccs1. The molecule has 7 nitrogen and oxygen atoms in total. The Kier molecular flexibility index (Phi) is 5.68. The van der Waals surface area contributed by atoms with Gasteiger partial charge in [-0.3, -0.25) is 4.79 Å². The number of ether oxygens (including phenoxy) is 1. The number of nitrogens with two attached hydrogens (primary N) is 1. The number of alkyl halides is 2. The summed E-state index contributed by atoms with van der Waals surface area (Å²) in [4.78, 5) is 13.0. The second-order valence-electron chi connectivity index (χ2n) is 4.86. The van der Waals surface area contributed by atoms with Crippen LogP contribution in [-0.4, -0.2) is 33.1 Å². The maximum absolute atomic E-state index is 12.4. The van der Waals surface area contributed by atoms with Gasteiger partial charge < -0.3 is 15.9 Å². The number of thioether (sulfide) groups is 1. The van der Waals surface area contributed by atoms with E-state index in [0.717, 1.165) is 16.6 Å². The van der Waals surface area contributed by atoms with E-state index in [4.69, 9.17) is 5.84 Å². The summed E-state index contributed by atoms with van der Waals surface area (Å²) in [5.41, 5.74) is 0.159. The van der Waals surface area contributed by atoms with Crippen LogP contribution in [0.15, 0.2) is 46.9 Å². The molecule has 0 radical (unpaired) electrons. The van der Waals surface area contributed by atoms with Crippen LogP contribution in [0.5, 0.6) is 5.75 Å². The number of thiophene rings is 1. The number of nitrogens with zero attached hydrogens (tertiary/aromatic N) is 3. The Balaban J connectivity index is 1.62. The monoisotopic (exact) mass is 397 g/mol. The molecule has 0 aliphatic rings. The number of benzene rings is 1. The third-order valence-corrected chi connectivity index (χ3v) is 4.92. The van der Waals surface area contributed by atoms with Gasteiger partial charge in [0.2, 0.25) is 11.1 Å². The number of rotatable bonds is 7. The molecule has 0 aliphatic heterocycles. The Bertz CT molecular complexity index is 886. The summed E-state index contributed by atoms with van der Waals surface area (Å²) >= 11 is 2.55. The Morgan fingerprint density at radius 1 is 1.31 bits per heavy atom. The molecule has 0 atom stereocenters. The number of hydrogen-bond donors (Lipinski definition) is 2. The first kappa shape index (κ1) is 18.1. The molecule has 0 spiro atoms. The van der Waals surface area contributed by atoms with E-state index in [2.05, 4.69) is 20.3 Å². The number of nitrogens with one attached hydrogen (secondary N) is 1. The van der Waals surface area contributed by atoms with Crippen LogP contribution in [0.3, 0.4) is 0 Å². The van der Waals surface area contributed by atoms with Crippen molar-refractivity contribution in [1.82, 2.24) is 14.9 Å². The lowest BCUT2D eigenvalue weighted by Gasteiger charge is -2.11. The highest BCUT2D eigenvalue weighted by atomic mass is 32.2. The molecule has 1 aromatic carbocycles. The van der Waals surface area contributed by atoms with E-state index in [9.17, 15) is 13.6 Å². The quantitative estimate of drug-likeness (QED) is 0.470. The van der Waals surface area contributed by atoms with Crippen molar-refractivity contribution in [3.63, 3.8) is 0 Å². The zero-order chi connectivity index (χ0) is 18.5. The fraction of sp³-hybridized carbons (Fsp3) is 0.133. The van der Waals surface area contributed by atoms with Crippen molar-refractivity contribution in [2.45, 2.75) is 11.8 Å². The van der Waals surface area contributed by atoms with Gasteiger partial charge in [-0.2, -0.15) is 8.78 Å². The molecule has 2 heterocycles. The van der Waals surface area contributed by atoms with Crippen LogP contribution in [-0.2, 0) is 4.79 Å². The van der Waals surface area contributed by atoms with Gasteiger partial charge in [0.25, 0.3) is 0 Å². The summed E-state index contributed by atoms with van der Waals surface area (Å²) in [6, 6.07) is 9.68. The van der Waals surface area contributed by atoms with Crippen LogP contribution in [0, 0.1) is 0 Å². The third kappa shape index (κ3) is 4.29. The van der Waals surface area contributed by atoms with Crippen LogP contribution >= 0.6 is 23.1 Å². The first-order valence-corrected chi connectivity index (χ1v) is 9.12. The van der Waals surface area contributed by atoms with Gasteiger partial charge in [0.05, 0.1) is 16.3 Å². The molecule has 0 unspecified atom stereocenters. The smallest absolute Gasteiger partial charge is 0.387 e. The highest BCUT2D eigenvalue weighted by Crippen LogP contribution is 2.27. The molecule has 3 aromatic rings. The van der Waals surface area contributed by atoms with Crippen molar-refractivity contribution in [3.8, 4) is 16.5 Å². The number of amides is 1. The lowest BCUT2D eigenvalue weighted by atomic mass is 10.3. The van der Waals surface area contributed by atoms with Gasteiger partial charge in [-0.05, 0) is 23.6 Å². The molecule has 2 aromatic heterocycles. The van der Waals surface area contributed by atoms with E-state index in [1.165, 1.54) is 34.2 Å². The molecule has 0 saturated carbocycles. The van der Waals surface area contributed by atoms with Gasteiger partial charge in [-0.15, -0.1) is 21.5 Å². The number of carbonyl (C=O) groups excluding carboxylic acids is 1. The van der Waals surface area contributed by atoms with Gasteiger partial charge in [-0.25, -0.2) is 4.68 Å². The minimum absolute atomic E-state index is 0.0250. The molecule has 0 bridgehead atoms. The Morgan fingerprint density at radius 2 is 2.12 bits per heavy atom. The summed E-state index contributed by atoms with van der Waals surface area (Å²) in [7, 11) is 0. The van der Waals surface area contributed by atoms with Gasteiger partial charge in [-0.1, -0.05) is 30.0 Å². The molecule has 26 heavy (non-hydrogen) atoms. The van der Waals surface area contributed by atoms with E-state index in [1.54, 1.807) is 6.07 Å². The second kappa shape index (κ2) is 8.15. The maximum Gasteiger partial charge on any atom is 0.387 e. The van der Waals surface area contributed by atoms with Crippen LogP contribution in [0.1, 0.15) is 0 Å². The number of para-hydroxylation sites is 2. The number of halogens is 2. The Hall–Kier alpha value is -2.66. The molecule has 3 rings (SSSR count). The number of aromatic nitrogens is 3. The molecule has 11 heteroatoms. The molecular weight excluding hydrogens is 384 g/mol. The van der Waals surface area contributed by atoms with Crippen molar-refractivity contribution in [3.05, 3.63) is 41.8 Å². The van der Waals surface area contributed by atoms with Crippen LogP contribution in [0.2, 0.25) is 0 Å². The average molecular weight is 397 g/mol. The summed E-state index contributed by atoms with van der Waals surface area (Å²) in [6.45, 7) is -2.98. The zero-order valence-electron chi connectivity index (χ0n) is 13.1. The topological polar surface area (TPSA) is 95.1 Å². The number of nitrogen functional groups attached to an aromatic ring is 1. The Morgan fingerprint density at radius 3 is 2.85 bits per heavy atom. The average Bonchev–Trinajstić information content (AvgIpc) is 3.24. The van der Waals surface area contributed by atoms with Crippen LogP contribution in [0.25, 0.3) is 10.7 Å². The maximum atomic E-state index is 12.4. The normalized spacial score (nSPS) is 10.9. The molecule has 0 saturated heterocycles. The lowest BCUT2D eigenvalue weighted by molar-refractivity contribution is -0.113. The van der Waals surface area contributed by atoms with Gasteiger partial charge >= 0.3 is 6.61 Å². The van der Waals surface area contributed by atoms with Crippen LogP contribution < -0.4 is 15.9 Å². The number of hydrogen-bond acceptors (Lipinski definition) is 7. The molecule has 1 amide bonds.